The fourth-order valence-corrected chi connectivity index (χ4v) is 0.923. The van der Waals surface area contributed by atoms with Crippen molar-refractivity contribution in [3.8, 4) is 5.75 Å². The first kappa shape index (κ1) is 9.03. The molecule has 0 aromatic carbocycles. The molecule has 0 bridgehead atoms. The number of aromatic nitrogens is 2. The molecule has 0 saturated heterocycles. The van der Waals surface area contributed by atoms with E-state index in [-0.39, 0.29) is 11.3 Å². The van der Waals surface area contributed by atoms with Crippen molar-refractivity contribution >= 4 is 0 Å². The number of hydrogen-bond acceptors (Lipinski definition) is 2. The molecule has 4 heteroatoms. The van der Waals surface area contributed by atoms with Crippen LogP contribution in [0, 0.1) is 5.95 Å². The molecular formula is C8H13FN2O. The maximum absolute atomic E-state index is 13.3. The van der Waals surface area contributed by atoms with Crippen LogP contribution in [0.4, 0.5) is 4.39 Å². The Morgan fingerprint density at radius 1 is 1.50 bits per heavy atom. The first-order chi connectivity index (χ1) is 5.46. The molecule has 12 heavy (non-hydrogen) atoms. The number of methoxy groups -OCH3 is 1. The van der Waals surface area contributed by atoms with E-state index >= 15 is 0 Å². The molecule has 0 amide bonds. The molecule has 68 valence electrons. The van der Waals surface area contributed by atoms with Crippen molar-refractivity contribution in [2.75, 3.05) is 7.11 Å². The van der Waals surface area contributed by atoms with Gasteiger partial charge in [0.15, 0.2) is 5.75 Å². The summed E-state index contributed by atoms with van der Waals surface area (Å²) in [4.78, 5) is 0. The third-order valence-electron chi connectivity index (χ3n) is 1.54. The molecule has 0 aliphatic rings. The second-order valence-electron chi connectivity index (χ2n) is 3.59. The number of hydrogen-bond donors (Lipinski definition) is 0. The lowest BCUT2D eigenvalue weighted by Gasteiger charge is -2.19. The molecule has 0 N–H and O–H groups in total. The summed E-state index contributed by atoms with van der Waals surface area (Å²) in [5.41, 5.74) is -0.346. The van der Waals surface area contributed by atoms with Crippen LogP contribution >= 0.6 is 0 Å². The van der Waals surface area contributed by atoms with E-state index in [1.54, 1.807) is 0 Å². The highest BCUT2D eigenvalue weighted by atomic mass is 19.1. The minimum atomic E-state index is -0.426. The lowest BCUT2D eigenvalue weighted by Crippen LogP contribution is -2.24. The Bertz CT molecular complexity index is 275. The van der Waals surface area contributed by atoms with Crippen LogP contribution in [0.2, 0.25) is 0 Å². The van der Waals surface area contributed by atoms with E-state index in [4.69, 9.17) is 4.74 Å². The maximum Gasteiger partial charge on any atom is 0.254 e. The monoisotopic (exact) mass is 172 g/mol. The Morgan fingerprint density at radius 2 is 2.08 bits per heavy atom. The van der Waals surface area contributed by atoms with Crippen LogP contribution in [-0.2, 0) is 5.54 Å². The number of rotatable bonds is 1. The van der Waals surface area contributed by atoms with Crippen LogP contribution in [0.3, 0.4) is 0 Å². The van der Waals surface area contributed by atoms with Gasteiger partial charge in [-0.05, 0) is 20.8 Å². The van der Waals surface area contributed by atoms with Gasteiger partial charge in [-0.2, -0.15) is 9.49 Å². The Hall–Kier alpha value is -1.06. The van der Waals surface area contributed by atoms with Gasteiger partial charge in [0.2, 0.25) is 0 Å². The van der Waals surface area contributed by atoms with Gasteiger partial charge in [-0.25, -0.2) is 4.68 Å². The van der Waals surface area contributed by atoms with Crippen molar-refractivity contribution in [2.45, 2.75) is 26.3 Å². The van der Waals surface area contributed by atoms with Crippen LogP contribution in [0.25, 0.3) is 0 Å². The highest BCUT2D eigenvalue weighted by Crippen LogP contribution is 2.21. The van der Waals surface area contributed by atoms with Gasteiger partial charge in [0.05, 0.1) is 18.8 Å². The van der Waals surface area contributed by atoms with E-state index in [9.17, 15) is 4.39 Å². The summed E-state index contributed by atoms with van der Waals surface area (Å²) in [7, 11) is 1.42. The van der Waals surface area contributed by atoms with Crippen molar-refractivity contribution in [2.24, 2.45) is 0 Å². The largest absolute Gasteiger partial charge is 0.491 e. The van der Waals surface area contributed by atoms with Gasteiger partial charge < -0.3 is 4.74 Å². The summed E-state index contributed by atoms with van der Waals surface area (Å²) < 4.78 is 19.4. The zero-order chi connectivity index (χ0) is 9.35. The quantitative estimate of drug-likeness (QED) is 0.645. The van der Waals surface area contributed by atoms with E-state index < -0.39 is 5.95 Å². The van der Waals surface area contributed by atoms with E-state index in [1.165, 1.54) is 18.0 Å². The highest BCUT2D eigenvalue weighted by molar-refractivity contribution is 5.15. The smallest absolute Gasteiger partial charge is 0.254 e. The SMILES string of the molecule is COc1cnn(C(C)(C)C)c1F. The predicted molar refractivity (Wildman–Crippen MR) is 43.7 cm³/mol. The molecule has 0 aliphatic heterocycles. The molecule has 0 radical (unpaired) electrons. The van der Waals surface area contributed by atoms with Gasteiger partial charge in [0.1, 0.15) is 0 Å². The lowest BCUT2D eigenvalue weighted by molar-refractivity contribution is 0.286. The van der Waals surface area contributed by atoms with Crippen LogP contribution in [-0.4, -0.2) is 16.9 Å². The standard InChI is InChI=1S/C8H13FN2O/c1-8(2,3)11-7(9)6(12-4)5-10-11/h5H,1-4H3. The van der Waals surface area contributed by atoms with E-state index in [2.05, 4.69) is 5.10 Å². The minimum absolute atomic E-state index is 0.185. The fourth-order valence-electron chi connectivity index (χ4n) is 0.923. The summed E-state index contributed by atoms with van der Waals surface area (Å²) in [6, 6.07) is 0. The van der Waals surface area contributed by atoms with Crippen molar-refractivity contribution < 1.29 is 9.13 Å². The molecule has 0 atom stereocenters. The third-order valence-corrected chi connectivity index (χ3v) is 1.54. The summed E-state index contributed by atoms with van der Waals surface area (Å²) in [6.07, 6.45) is 1.38. The Morgan fingerprint density at radius 3 is 2.33 bits per heavy atom. The highest BCUT2D eigenvalue weighted by Gasteiger charge is 2.21. The fraction of sp³-hybridized carbons (Fsp3) is 0.625. The van der Waals surface area contributed by atoms with E-state index in [0.29, 0.717) is 0 Å². The molecule has 0 aliphatic carbocycles. The van der Waals surface area contributed by atoms with Crippen LogP contribution in [0.1, 0.15) is 20.8 Å². The van der Waals surface area contributed by atoms with Crippen molar-refractivity contribution in [1.82, 2.24) is 9.78 Å². The summed E-state index contributed by atoms with van der Waals surface area (Å²) in [5, 5.41) is 3.87. The van der Waals surface area contributed by atoms with E-state index in [1.807, 2.05) is 20.8 Å². The lowest BCUT2D eigenvalue weighted by atomic mass is 10.1. The molecule has 3 nitrogen and oxygen atoms in total. The van der Waals surface area contributed by atoms with Crippen molar-refractivity contribution in [1.29, 1.82) is 0 Å². The Kier molecular flexibility index (Phi) is 2.08. The normalized spacial score (nSPS) is 11.8. The Balaban J connectivity index is 3.11. The molecular weight excluding hydrogens is 159 g/mol. The van der Waals surface area contributed by atoms with Gasteiger partial charge in [-0.15, -0.1) is 0 Å². The van der Waals surface area contributed by atoms with Crippen LogP contribution < -0.4 is 4.74 Å². The zero-order valence-corrected chi connectivity index (χ0v) is 7.76. The summed E-state index contributed by atoms with van der Waals surface area (Å²) >= 11 is 0. The molecule has 0 spiro atoms. The summed E-state index contributed by atoms with van der Waals surface area (Å²) in [5.74, 6) is -0.241. The minimum Gasteiger partial charge on any atom is -0.491 e. The van der Waals surface area contributed by atoms with Gasteiger partial charge in [-0.3, -0.25) is 0 Å². The summed E-state index contributed by atoms with van der Waals surface area (Å²) in [6.45, 7) is 5.63. The van der Waals surface area contributed by atoms with Crippen LogP contribution in [0.15, 0.2) is 6.20 Å². The maximum atomic E-state index is 13.3. The second kappa shape index (κ2) is 2.77. The first-order valence-electron chi connectivity index (χ1n) is 3.75. The first-order valence-corrected chi connectivity index (χ1v) is 3.75. The van der Waals surface area contributed by atoms with Crippen LogP contribution in [0.5, 0.6) is 5.75 Å². The zero-order valence-electron chi connectivity index (χ0n) is 7.76. The molecule has 0 fully saturated rings. The van der Waals surface area contributed by atoms with Gasteiger partial charge in [0, 0.05) is 0 Å². The molecule has 1 aromatic rings. The average molecular weight is 172 g/mol. The number of halogens is 1. The third kappa shape index (κ3) is 1.42. The molecule has 1 heterocycles. The number of ether oxygens (including phenoxy) is 1. The molecule has 0 saturated carbocycles. The topological polar surface area (TPSA) is 27.1 Å². The van der Waals surface area contributed by atoms with Crippen molar-refractivity contribution in [3.05, 3.63) is 12.1 Å². The second-order valence-corrected chi connectivity index (χ2v) is 3.59. The predicted octanol–water partition coefficient (Wildman–Crippen LogP) is 1.79. The molecule has 0 unspecified atom stereocenters. The molecule has 1 aromatic heterocycles. The number of nitrogens with zero attached hydrogens (tertiary/aromatic N) is 2. The molecule has 1 rings (SSSR count). The van der Waals surface area contributed by atoms with E-state index in [0.717, 1.165) is 0 Å². The van der Waals surface area contributed by atoms with Gasteiger partial charge in [0.25, 0.3) is 5.95 Å². The average Bonchev–Trinajstić information content (AvgIpc) is 2.29. The van der Waals surface area contributed by atoms with Crippen molar-refractivity contribution in [3.63, 3.8) is 0 Å². The Labute approximate surface area is 71.1 Å². The van der Waals surface area contributed by atoms with Gasteiger partial charge >= 0.3 is 0 Å². The van der Waals surface area contributed by atoms with Gasteiger partial charge in [-0.1, -0.05) is 0 Å².